The maximum atomic E-state index is 12.4. The Morgan fingerprint density at radius 3 is 2.70 bits per heavy atom. The Bertz CT molecular complexity index is 976. The molecule has 0 bridgehead atoms. The number of benzene rings is 2. The average Bonchev–Trinajstić information content (AvgIpc) is 2.50. The Labute approximate surface area is 141 Å². The number of carboxylic acids is 1. The van der Waals surface area contributed by atoms with Gasteiger partial charge >= 0.3 is 5.97 Å². The number of halogens is 1. The summed E-state index contributed by atoms with van der Waals surface area (Å²) in [4.78, 5) is 23.8. The number of aromatic nitrogens is 1. The largest absolute Gasteiger partial charge is 0.477 e. The second kappa shape index (κ2) is 6.01. The molecule has 0 fully saturated rings. The van der Waals surface area contributed by atoms with Crippen LogP contribution in [-0.4, -0.2) is 15.6 Å². The number of nitrogens with zero attached hydrogens (tertiary/aromatic N) is 1. The van der Waals surface area contributed by atoms with Crippen molar-refractivity contribution in [3.63, 3.8) is 0 Å². The van der Waals surface area contributed by atoms with Crippen LogP contribution in [0.4, 0.5) is 0 Å². The lowest BCUT2D eigenvalue weighted by molar-refractivity contribution is 0.0695. The van der Waals surface area contributed by atoms with Gasteiger partial charge in [0.1, 0.15) is 5.56 Å². The van der Waals surface area contributed by atoms with E-state index in [1.165, 1.54) is 6.20 Å². The zero-order valence-corrected chi connectivity index (χ0v) is 14.0. The number of aryl methyl sites for hydroxylation is 1. The number of fused-ring (bicyclic) bond motifs is 1. The molecule has 3 rings (SSSR count). The van der Waals surface area contributed by atoms with Crippen molar-refractivity contribution >= 4 is 32.8 Å². The van der Waals surface area contributed by atoms with Crippen molar-refractivity contribution in [1.82, 2.24) is 4.57 Å². The van der Waals surface area contributed by atoms with Crippen molar-refractivity contribution in [3.05, 3.63) is 80.0 Å². The highest BCUT2D eigenvalue weighted by molar-refractivity contribution is 9.10. The summed E-state index contributed by atoms with van der Waals surface area (Å²) in [5.41, 5.74) is 2.21. The SMILES string of the molecule is Cc1cccc(Cn2cc(C(=O)O)c(=O)c3cc(Br)ccc32)c1. The van der Waals surface area contributed by atoms with Crippen molar-refractivity contribution in [3.8, 4) is 0 Å². The van der Waals surface area contributed by atoms with Crippen LogP contribution in [0.3, 0.4) is 0 Å². The molecule has 0 atom stereocenters. The van der Waals surface area contributed by atoms with Crippen molar-refractivity contribution < 1.29 is 9.90 Å². The molecule has 116 valence electrons. The monoisotopic (exact) mass is 371 g/mol. The number of aromatic carboxylic acids is 1. The van der Waals surface area contributed by atoms with Crippen molar-refractivity contribution in [2.24, 2.45) is 0 Å². The fourth-order valence-electron chi connectivity index (χ4n) is 2.66. The molecule has 4 nitrogen and oxygen atoms in total. The molecule has 0 spiro atoms. The van der Waals surface area contributed by atoms with Crippen LogP contribution in [0.2, 0.25) is 0 Å². The van der Waals surface area contributed by atoms with Gasteiger partial charge in [-0.1, -0.05) is 45.8 Å². The summed E-state index contributed by atoms with van der Waals surface area (Å²) in [6.07, 6.45) is 1.42. The maximum absolute atomic E-state index is 12.4. The fraction of sp³-hybridized carbons (Fsp3) is 0.111. The van der Waals surface area contributed by atoms with E-state index in [0.29, 0.717) is 17.4 Å². The minimum Gasteiger partial charge on any atom is -0.477 e. The second-order valence-electron chi connectivity index (χ2n) is 5.46. The van der Waals surface area contributed by atoms with Crippen LogP contribution >= 0.6 is 15.9 Å². The maximum Gasteiger partial charge on any atom is 0.341 e. The van der Waals surface area contributed by atoms with Gasteiger partial charge in [-0.2, -0.15) is 0 Å². The third-order valence-corrected chi connectivity index (χ3v) is 4.20. The summed E-state index contributed by atoms with van der Waals surface area (Å²) in [6, 6.07) is 13.3. The standard InChI is InChI=1S/C18H14BrNO3/c1-11-3-2-4-12(7-11)9-20-10-15(18(22)23)17(21)14-8-13(19)5-6-16(14)20/h2-8,10H,9H2,1H3,(H,22,23). The van der Waals surface area contributed by atoms with Crippen LogP contribution in [0.5, 0.6) is 0 Å². The van der Waals surface area contributed by atoms with Crippen molar-refractivity contribution in [1.29, 1.82) is 0 Å². The third-order valence-electron chi connectivity index (χ3n) is 3.71. The van der Waals surface area contributed by atoms with Gasteiger partial charge in [0, 0.05) is 22.6 Å². The molecule has 3 aromatic rings. The lowest BCUT2D eigenvalue weighted by Crippen LogP contribution is -2.19. The molecule has 0 radical (unpaired) electrons. The van der Waals surface area contributed by atoms with Gasteiger partial charge in [0.05, 0.1) is 5.52 Å². The van der Waals surface area contributed by atoms with E-state index >= 15 is 0 Å². The van der Waals surface area contributed by atoms with Gasteiger partial charge in [-0.05, 0) is 30.7 Å². The van der Waals surface area contributed by atoms with Gasteiger partial charge in [0.25, 0.3) is 0 Å². The summed E-state index contributed by atoms with van der Waals surface area (Å²) >= 11 is 3.33. The zero-order valence-electron chi connectivity index (χ0n) is 12.4. The number of pyridine rings is 1. The molecule has 0 unspecified atom stereocenters. The first-order valence-electron chi connectivity index (χ1n) is 7.07. The topological polar surface area (TPSA) is 59.3 Å². The summed E-state index contributed by atoms with van der Waals surface area (Å²) in [5.74, 6) is -1.21. The van der Waals surface area contributed by atoms with E-state index in [1.807, 2.05) is 43.3 Å². The highest BCUT2D eigenvalue weighted by atomic mass is 79.9. The zero-order chi connectivity index (χ0) is 16.6. The van der Waals surface area contributed by atoms with Gasteiger partial charge < -0.3 is 9.67 Å². The van der Waals surface area contributed by atoms with E-state index < -0.39 is 11.4 Å². The van der Waals surface area contributed by atoms with Crippen LogP contribution in [0.1, 0.15) is 21.5 Å². The normalized spacial score (nSPS) is 10.9. The summed E-state index contributed by atoms with van der Waals surface area (Å²) in [5, 5.41) is 9.70. The molecule has 0 saturated carbocycles. The molecule has 0 aliphatic heterocycles. The molecule has 0 amide bonds. The van der Waals surface area contributed by atoms with Crippen molar-refractivity contribution in [2.45, 2.75) is 13.5 Å². The minimum atomic E-state index is -1.21. The van der Waals surface area contributed by atoms with E-state index in [0.717, 1.165) is 15.6 Å². The molecule has 23 heavy (non-hydrogen) atoms. The summed E-state index contributed by atoms with van der Waals surface area (Å²) < 4.78 is 2.55. The first-order valence-corrected chi connectivity index (χ1v) is 7.86. The first-order chi connectivity index (χ1) is 11.0. The van der Waals surface area contributed by atoms with Gasteiger partial charge in [-0.3, -0.25) is 4.79 Å². The van der Waals surface area contributed by atoms with Crippen LogP contribution in [0.15, 0.2) is 57.9 Å². The Hall–Kier alpha value is -2.40. The molecule has 0 saturated heterocycles. The highest BCUT2D eigenvalue weighted by Crippen LogP contribution is 2.19. The van der Waals surface area contributed by atoms with E-state index in [4.69, 9.17) is 0 Å². The smallest absolute Gasteiger partial charge is 0.341 e. The summed E-state index contributed by atoms with van der Waals surface area (Å²) in [7, 11) is 0. The Morgan fingerprint density at radius 1 is 1.22 bits per heavy atom. The molecular formula is C18H14BrNO3. The van der Waals surface area contributed by atoms with Crippen LogP contribution in [-0.2, 0) is 6.54 Å². The van der Waals surface area contributed by atoms with Gasteiger partial charge in [-0.25, -0.2) is 4.79 Å². The molecule has 2 aromatic carbocycles. The quantitative estimate of drug-likeness (QED) is 0.761. The van der Waals surface area contributed by atoms with Gasteiger partial charge in [-0.15, -0.1) is 0 Å². The van der Waals surface area contributed by atoms with Crippen molar-refractivity contribution in [2.75, 3.05) is 0 Å². The highest BCUT2D eigenvalue weighted by Gasteiger charge is 2.15. The summed E-state index contributed by atoms with van der Waals surface area (Å²) in [6.45, 7) is 2.51. The Balaban J connectivity index is 2.25. The lowest BCUT2D eigenvalue weighted by atomic mass is 10.1. The molecule has 1 N–H and O–H groups in total. The fourth-order valence-corrected chi connectivity index (χ4v) is 3.02. The van der Waals surface area contributed by atoms with E-state index in [-0.39, 0.29) is 5.56 Å². The molecule has 1 heterocycles. The minimum absolute atomic E-state index is 0.219. The predicted molar refractivity (Wildman–Crippen MR) is 93.1 cm³/mol. The number of carboxylic acid groups (broad SMARTS) is 1. The lowest BCUT2D eigenvalue weighted by Gasteiger charge is -2.13. The number of hydrogen-bond acceptors (Lipinski definition) is 2. The van der Waals surface area contributed by atoms with E-state index in [9.17, 15) is 14.7 Å². The Kier molecular flexibility index (Phi) is 4.05. The van der Waals surface area contributed by atoms with Crippen LogP contribution in [0.25, 0.3) is 10.9 Å². The van der Waals surface area contributed by atoms with E-state index in [2.05, 4.69) is 15.9 Å². The van der Waals surface area contributed by atoms with Gasteiger partial charge in [0.2, 0.25) is 5.43 Å². The molecule has 5 heteroatoms. The second-order valence-corrected chi connectivity index (χ2v) is 6.37. The molecule has 1 aromatic heterocycles. The van der Waals surface area contributed by atoms with Crippen LogP contribution < -0.4 is 5.43 Å². The number of carbonyl (C=O) groups is 1. The first kappa shape index (κ1) is 15.5. The molecule has 0 aliphatic rings. The number of rotatable bonds is 3. The van der Waals surface area contributed by atoms with E-state index in [1.54, 1.807) is 10.6 Å². The number of hydrogen-bond donors (Lipinski definition) is 1. The predicted octanol–water partition coefficient (Wildman–Crippen LogP) is 3.82. The molecular weight excluding hydrogens is 358 g/mol. The van der Waals surface area contributed by atoms with Crippen LogP contribution in [0, 0.1) is 6.92 Å². The van der Waals surface area contributed by atoms with Gasteiger partial charge in [0.15, 0.2) is 0 Å². The molecule has 0 aliphatic carbocycles. The average molecular weight is 372 g/mol. The Morgan fingerprint density at radius 2 is 2.00 bits per heavy atom. The third kappa shape index (κ3) is 3.05.